The van der Waals surface area contributed by atoms with Crippen LogP contribution in [0.15, 0.2) is 18.2 Å². The smallest absolute Gasteiger partial charge is 0.144 e. The minimum absolute atomic E-state index is 0.146. The summed E-state index contributed by atoms with van der Waals surface area (Å²) in [6.07, 6.45) is 5.22. The van der Waals surface area contributed by atoms with Crippen molar-refractivity contribution < 1.29 is 4.74 Å². The molecule has 0 saturated heterocycles. The third-order valence-electron chi connectivity index (χ3n) is 3.80. The summed E-state index contributed by atoms with van der Waals surface area (Å²) >= 11 is 0. The molecule has 0 aromatic heterocycles. The Bertz CT molecular complexity index is 409. The van der Waals surface area contributed by atoms with Gasteiger partial charge in [-0.3, -0.25) is 0 Å². The van der Waals surface area contributed by atoms with Gasteiger partial charge in [0.2, 0.25) is 0 Å². The highest BCUT2D eigenvalue weighted by Crippen LogP contribution is 2.33. The quantitative estimate of drug-likeness (QED) is 0.805. The van der Waals surface area contributed by atoms with E-state index < -0.39 is 0 Å². The SMILES string of the molecule is CC1CCC(Nc2cccc(OC(C)C)c2N)CC1. The topological polar surface area (TPSA) is 47.3 Å². The normalized spacial score (nSPS) is 23.4. The molecular weight excluding hydrogens is 236 g/mol. The lowest BCUT2D eigenvalue weighted by atomic mass is 9.87. The van der Waals surface area contributed by atoms with E-state index in [1.165, 1.54) is 25.7 Å². The van der Waals surface area contributed by atoms with Crippen LogP contribution in [0.3, 0.4) is 0 Å². The second-order valence-electron chi connectivity index (χ2n) is 5.99. The molecule has 0 spiro atoms. The highest BCUT2D eigenvalue weighted by atomic mass is 16.5. The van der Waals surface area contributed by atoms with E-state index >= 15 is 0 Å². The molecule has 3 nitrogen and oxygen atoms in total. The number of hydrogen-bond donors (Lipinski definition) is 2. The van der Waals surface area contributed by atoms with E-state index in [9.17, 15) is 0 Å². The second-order valence-corrected chi connectivity index (χ2v) is 5.99. The van der Waals surface area contributed by atoms with Gasteiger partial charge in [0, 0.05) is 6.04 Å². The molecule has 1 saturated carbocycles. The standard InChI is InChI=1S/C16H26N2O/c1-11(2)19-15-6-4-5-14(16(15)17)18-13-9-7-12(3)8-10-13/h4-6,11-13,18H,7-10,17H2,1-3H3. The molecule has 0 bridgehead atoms. The summed E-state index contributed by atoms with van der Waals surface area (Å²) in [7, 11) is 0. The summed E-state index contributed by atoms with van der Waals surface area (Å²) in [5.41, 5.74) is 7.93. The van der Waals surface area contributed by atoms with Gasteiger partial charge < -0.3 is 15.8 Å². The molecule has 1 aromatic carbocycles. The molecule has 106 valence electrons. The molecule has 2 rings (SSSR count). The van der Waals surface area contributed by atoms with Crippen LogP contribution in [0.1, 0.15) is 46.5 Å². The van der Waals surface area contributed by atoms with Crippen molar-refractivity contribution in [2.24, 2.45) is 5.92 Å². The number of anilines is 2. The number of nitrogens with one attached hydrogen (secondary N) is 1. The maximum atomic E-state index is 6.19. The van der Waals surface area contributed by atoms with Crippen molar-refractivity contribution in [3.63, 3.8) is 0 Å². The van der Waals surface area contributed by atoms with Crippen molar-refractivity contribution in [1.29, 1.82) is 0 Å². The number of ether oxygens (including phenoxy) is 1. The zero-order valence-corrected chi connectivity index (χ0v) is 12.3. The Morgan fingerprint density at radius 3 is 2.53 bits per heavy atom. The predicted molar refractivity (Wildman–Crippen MR) is 81.7 cm³/mol. The van der Waals surface area contributed by atoms with Crippen LogP contribution in [0.4, 0.5) is 11.4 Å². The highest BCUT2D eigenvalue weighted by molar-refractivity contribution is 5.73. The van der Waals surface area contributed by atoms with Gasteiger partial charge in [-0.2, -0.15) is 0 Å². The van der Waals surface area contributed by atoms with E-state index in [0.717, 1.165) is 23.0 Å². The first kappa shape index (κ1) is 14.0. The fraction of sp³-hybridized carbons (Fsp3) is 0.625. The first-order valence-electron chi connectivity index (χ1n) is 7.38. The third-order valence-corrected chi connectivity index (χ3v) is 3.80. The van der Waals surface area contributed by atoms with Crippen LogP contribution in [0.25, 0.3) is 0 Å². The molecule has 1 aliphatic rings. The maximum absolute atomic E-state index is 6.19. The van der Waals surface area contributed by atoms with Gasteiger partial charge in [0.1, 0.15) is 5.75 Å². The first-order valence-corrected chi connectivity index (χ1v) is 7.38. The van der Waals surface area contributed by atoms with Crippen molar-refractivity contribution in [1.82, 2.24) is 0 Å². The Morgan fingerprint density at radius 1 is 1.21 bits per heavy atom. The van der Waals surface area contributed by atoms with E-state index in [0.29, 0.717) is 6.04 Å². The van der Waals surface area contributed by atoms with Crippen LogP contribution in [-0.4, -0.2) is 12.1 Å². The van der Waals surface area contributed by atoms with Gasteiger partial charge in [0.15, 0.2) is 0 Å². The minimum Gasteiger partial charge on any atom is -0.489 e. The molecule has 1 fully saturated rings. The first-order chi connectivity index (χ1) is 9.06. The predicted octanol–water partition coefficient (Wildman–Crippen LogP) is 4.05. The van der Waals surface area contributed by atoms with Crippen molar-refractivity contribution in [3.8, 4) is 5.75 Å². The molecular formula is C16H26N2O. The molecule has 3 heteroatoms. The molecule has 1 aliphatic carbocycles. The lowest BCUT2D eigenvalue weighted by Gasteiger charge is -2.28. The molecule has 0 aliphatic heterocycles. The largest absolute Gasteiger partial charge is 0.489 e. The van der Waals surface area contributed by atoms with Crippen molar-refractivity contribution >= 4 is 11.4 Å². The van der Waals surface area contributed by atoms with Crippen LogP contribution >= 0.6 is 0 Å². The van der Waals surface area contributed by atoms with Crippen molar-refractivity contribution in [2.45, 2.75) is 58.6 Å². The zero-order valence-electron chi connectivity index (χ0n) is 12.3. The van der Waals surface area contributed by atoms with Gasteiger partial charge in [-0.15, -0.1) is 0 Å². The summed E-state index contributed by atoms with van der Waals surface area (Å²) in [5, 5.41) is 3.58. The number of para-hydroxylation sites is 1. The summed E-state index contributed by atoms with van der Waals surface area (Å²) in [5.74, 6) is 1.65. The van der Waals surface area contributed by atoms with Crippen LogP contribution < -0.4 is 15.8 Å². The van der Waals surface area contributed by atoms with E-state index in [-0.39, 0.29) is 6.10 Å². The monoisotopic (exact) mass is 262 g/mol. The maximum Gasteiger partial charge on any atom is 0.144 e. The molecule has 0 radical (unpaired) electrons. The summed E-state index contributed by atoms with van der Waals surface area (Å²) in [4.78, 5) is 0. The number of nitrogen functional groups attached to an aromatic ring is 1. The molecule has 0 heterocycles. The molecule has 0 atom stereocenters. The average Bonchev–Trinajstić information content (AvgIpc) is 2.36. The second kappa shape index (κ2) is 6.18. The van der Waals surface area contributed by atoms with Crippen LogP contribution in [0, 0.1) is 5.92 Å². The van der Waals surface area contributed by atoms with E-state index in [1.807, 2.05) is 32.0 Å². The summed E-state index contributed by atoms with van der Waals surface area (Å²) in [6, 6.07) is 6.53. The van der Waals surface area contributed by atoms with Gasteiger partial charge >= 0.3 is 0 Å². The van der Waals surface area contributed by atoms with Crippen LogP contribution in [-0.2, 0) is 0 Å². The van der Waals surface area contributed by atoms with Gasteiger partial charge in [-0.25, -0.2) is 0 Å². The fourth-order valence-corrected chi connectivity index (χ4v) is 2.65. The van der Waals surface area contributed by atoms with E-state index in [1.54, 1.807) is 0 Å². The summed E-state index contributed by atoms with van der Waals surface area (Å²) < 4.78 is 5.73. The Kier molecular flexibility index (Phi) is 4.56. The Labute approximate surface area is 116 Å². The van der Waals surface area contributed by atoms with E-state index in [4.69, 9.17) is 10.5 Å². The number of hydrogen-bond acceptors (Lipinski definition) is 3. The van der Waals surface area contributed by atoms with Crippen molar-refractivity contribution in [2.75, 3.05) is 11.1 Å². The van der Waals surface area contributed by atoms with Gasteiger partial charge in [0.25, 0.3) is 0 Å². The van der Waals surface area contributed by atoms with E-state index in [2.05, 4.69) is 12.2 Å². The molecule has 0 unspecified atom stereocenters. The fourth-order valence-electron chi connectivity index (χ4n) is 2.65. The van der Waals surface area contributed by atoms with Crippen LogP contribution in [0.2, 0.25) is 0 Å². The summed E-state index contributed by atoms with van der Waals surface area (Å²) in [6.45, 7) is 6.37. The molecule has 19 heavy (non-hydrogen) atoms. The highest BCUT2D eigenvalue weighted by Gasteiger charge is 2.19. The lowest BCUT2D eigenvalue weighted by Crippen LogP contribution is -2.25. The lowest BCUT2D eigenvalue weighted by molar-refractivity contribution is 0.244. The van der Waals surface area contributed by atoms with Gasteiger partial charge in [-0.1, -0.05) is 13.0 Å². The number of rotatable bonds is 4. The minimum atomic E-state index is 0.146. The van der Waals surface area contributed by atoms with Crippen LogP contribution in [0.5, 0.6) is 5.75 Å². The molecule has 1 aromatic rings. The average molecular weight is 262 g/mol. The number of nitrogens with two attached hydrogens (primary N) is 1. The molecule has 0 amide bonds. The Hall–Kier alpha value is -1.38. The van der Waals surface area contributed by atoms with Gasteiger partial charge in [0.05, 0.1) is 17.5 Å². The zero-order chi connectivity index (χ0) is 13.8. The molecule has 3 N–H and O–H groups in total. The van der Waals surface area contributed by atoms with Crippen molar-refractivity contribution in [3.05, 3.63) is 18.2 Å². The Morgan fingerprint density at radius 2 is 1.89 bits per heavy atom. The Balaban J connectivity index is 2.04. The third kappa shape index (κ3) is 3.79. The van der Waals surface area contributed by atoms with Gasteiger partial charge in [-0.05, 0) is 57.6 Å². The number of benzene rings is 1.